The molecule has 0 aliphatic rings. The van der Waals surface area contributed by atoms with Gasteiger partial charge in [-0.15, -0.1) is 0 Å². The van der Waals surface area contributed by atoms with Gasteiger partial charge in [-0.2, -0.15) is 4.39 Å². The number of aromatic nitrogens is 1. The smallest absolute Gasteiger partial charge is 0.251 e. The summed E-state index contributed by atoms with van der Waals surface area (Å²) >= 11 is 0. The SMILES string of the molecule is CC(C)(C)CNC(=O)c1ccnc(F)c1. The largest absolute Gasteiger partial charge is 0.352 e. The lowest BCUT2D eigenvalue weighted by atomic mass is 9.97. The molecule has 0 fully saturated rings. The number of pyridine rings is 1. The predicted octanol–water partition coefficient (Wildman–Crippen LogP) is 2.00. The van der Waals surface area contributed by atoms with Gasteiger partial charge in [0, 0.05) is 24.4 Å². The molecule has 0 aromatic carbocycles. The van der Waals surface area contributed by atoms with E-state index in [1.807, 2.05) is 20.8 Å². The molecule has 0 atom stereocenters. The molecule has 15 heavy (non-hydrogen) atoms. The Hall–Kier alpha value is -1.45. The first-order chi connectivity index (χ1) is 6.88. The van der Waals surface area contributed by atoms with Crippen molar-refractivity contribution < 1.29 is 9.18 Å². The number of carbonyl (C=O) groups excluding carboxylic acids is 1. The number of hydrogen-bond acceptors (Lipinski definition) is 2. The van der Waals surface area contributed by atoms with E-state index in [1.165, 1.54) is 12.3 Å². The standard InChI is InChI=1S/C11H15FN2O/c1-11(2,3)7-14-10(15)8-4-5-13-9(12)6-8/h4-6H,7H2,1-3H3,(H,14,15). The van der Waals surface area contributed by atoms with Crippen LogP contribution in [0.5, 0.6) is 0 Å². The number of nitrogens with zero attached hydrogens (tertiary/aromatic N) is 1. The van der Waals surface area contributed by atoms with E-state index in [4.69, 9.17) is 0 Å². The summed E-state index contributed by atoms with van der Waals surface area (Å²) in [6, 6.07) is 2.61. The zero-order chi connectivity index (χ0) is 11.5. The van der Waals surface area contributed by atoms with E-state index in [9.17, 15) is 9.18 Å². The van der Waals surface area contributed by atoms with Crippen molar-refractivity contribution in [2.24, 2.45) is 5.41 Å². The van der Waals surface area contributed by atoms with Crippen molar-refractivity contribution in [1.82, 2.24) is 10.3 Å². The van der Waals surface area contributed by atoms with Crippen LogP contribution in [0.2, 0.25) is 0 Å². The van der Waals surface area contributed by atoms with Crippen molar-refractivity contribution in [1.29, 1.82) is 0 Å². The summed E-state index contributed by atoms with van der Waals surface area (Å²) in [5.41, 5.74) is 0.313. The summed E-state index contributed by atoms with van der Waals surface area (Å²) in [6.07, 6.45) is 1.28. The molecular formula is C11H15FN2O. The molecule has 1 heterocycles. The molecule has 1 aromatic rings. The quantitative estimate of drug-likeness (QED) is 0.758. The molecule has 0 radical (unpaired) electrons. The molecule has 1 N–H and O–H groups in total. The van der Waals surface area contributed by atoms with Crippen LogP contribution in [0.1, 0.15) is 31.1 Å². The third-order valence-corrected chi connectivity index (χ3v) is 1.77. The highest BCUT2D eigenvalue weighted by atomic mass is 19.1. The maximum absolute atomic E-state index is 12.7. The van der Waals surface area contributed by atoms with Crippen LogP contribution in [0.3, 0.4) is 0 Å². The molecule has 0 aliphatic carbocycles. The van der Waals surface area contributed by atoms with Gasteiger partial charge in [0.05, 0.1) is 0 Å². The van der Waals surface area contributed by atoms with E-state index in [-0.39, 0.29) is 11.3 Å². The van der Waals surface area contributed by atoms with E-state index in [2.05, 4.69) is 10.3 Å². The van der Waals surface area contributed by atoms with Gasteiger partial charge in [0.1, 0.15) is 0 Å². The summed E-state index contributed by atoms with van der Waals surface area (Å²) in [7, 11) is 0. The van der Waals surface area contributed by atoms with Gasteiger partial charge in [-0.05, 0) is 11.5 Å². The Kier molecular flexibility index (Phi) is 3.39. The third-order valence-electron chi connectivity index (χ3n) is 1.77. The second-order valence-corrected chi connectivity index (χ2v) is 4.61. The fourth-order valence-electron chi connectivity index (χ4n) is 0.991. The minimum Gasteiger partial charge on any atom is -0.352 e. The average Bonchev–Trinajstić information content (AvgIpc) is 2.13. The Morgan fingerprint density at radius 1 is 1.53 bits per heavy atom. The molecule has 0 spiro atoms. The predicted molar refractivity (Wildman–Crippen MR) is 56.0 cm³/mol. The fraction of sp³-hybridized carbons (Fsp3) is 0.455. The van der Waals surface area contributed by atoms with E-state index in [0.29, 0.717) is 12.1 Å². The first kappa shape index (κ1) is 11.6. The van der Waals surface area contributed by atoms with Crippen molar-refractivity contribution in [3.8, 4) is 0 Å². The number of nitrogens with one attached hydrogen (secondary N) is 1. The number of rotatable bonds is 2. The molecule has 0 bridgehead atoms. The topological polar surface area (TPSA) is 42.0 Å². The highest BCUT2D eigenvalue weighted by Gasteiger charge is 2.13. The summed E-state index contributed by atoms with van der Waals surface area (Å²) < 4.78 is 12.7. The zero-order valence-corrected chi connectivity index (χ0v) is 9.17. The number of halogens is 1. The van der Waals surface area contributed by atoms with Crippen molar-refractivity contribution in [3.05, 3.63) is 29.8 Å². The van der Waals surface area contributed by atoms with E-state index < -0.39 is 5.95 Å². The van der Waals surface area contributed by atoms with Crippen LogP contribution >= 0.6 is 0 Å². The van der Waals surface area contributed by atoms with Gasteiger partial charge in [-0.3, -0.25) is 4.79 Å². The van der Waals surface area contributed by atoms with E-state index in [0.717, 1.165) is 6.07 Å². The summed E-state index contributed by atoms with van der Waals surface area (Å²) in [6.45, 7) is 6.59. The van der Waals surface area contributed by atoms with Crippen LogP contribution < -0.4 is 5.32 Å². The molecule has 3 nitrogen and oxygen atoms in total. The second-order valence-electron chi connectivity index (χ2n) is 4.61. The lowest BCUT2D eigenvalue weighted by molar-refractivity contribution is 0.0938. The highest BCUT2D eigenvalue weighted by molar-refractivity contribution is 5.93. The van der Waals surface area contributed by atoms with Crippen LogP contribution in [0.4, 0.5) is 4.39 Å². The van der Waals surface area contributed by atoms with Crippen LogP contribution in [0.25, 0.3) is 0 Å². The average molecular weight is 210 g/mol. The Bertz CT molecular complexity index is 358. The van der Waals surface area contributed by atoms with E-state index in [1.54, 1.807) is 0 Å². The Morgan fingerprint density at radius 2 is 2.20 bits per heavy atom. The van der Waals surface area contributed by atoms with Gasteiger partial charge in [-0.1, -0.05) is 20.8 Å². The number of amides is 1. The summed E-state index contributed by atoms with van der Waals surface area (Å²) in [5, 5.41) is 2.73. The monoisotopic (exact) mass is 210 g/mol. The zero-order valence-electron chi connectivity index (χ0n) is 9.17. The van der Waals surface area contributed by atoms with Crippen molar-refractivity contribution in [2.45, 2.75) is 20.8 Å². The second kappa shape index (κ2) is 4.38. The Morgan fingerprint density at radius 3 is 2.73 bits per heavy atom. The lowest BCUT2D eigenvalue weighted by Crippen LogP contribution is -2.32. The Balaban J connectivity index is 2.62. The van der Waals surface area contributed by atoms with Crippen molar-refractivity contribution in [3.63, 3.8) is 0 Å². The van der Waals surface area contributed by atoms with Crippen LogP contribution in [0.15, 0.2) is 18.3 Å². The van der Waals surface area contributed by atoms with Gasteiger partial charge < -0.3 is 5.32 Å². The van der Waals surface area contributed by atoms with Crippen LogP contribution in [0, 0.1) is 11.4 Å². The van der Waals surface area contributed by atoms with Crippen molar-refractivity contribution >= 4 is 5.91 Å². The molecule has 0 unspecified atom stereocenters. The van der Waals surface area contributed by atoms with Gasteiger partial charge in [0.25, 0.3) is 5.91 Å². The molecular weight excluding hydrogens is 195 g/mol. The molecule has 0 saturated carbocycles. The third kappa shape index (κ3) is 4.06. The molecule has 0 aliphatic heterocycles. The number of hydrogen-bond donors (Lipinski definition) is 1. The molecule has 0 saturated heterocycles. The fourth-order valence-corrected chi connectivity index (χ4v) is 0.991. The van der Waals surface area contributed by atoms with E-state index >= 15 is 0 Å². The lowest BCUT2D eigenvalue weighted by Gasteiger charge is -2.18. The molecule has 4 heteroatoms. The maximum atomic E-state index is 12.7. The normalized spacial score (nSPS) is 11.2. The molecule has 1 aromatic heterocycles. The Labute approximate surface area is 88.7 Å². The van der Waals surface area contributed by atoms with Gasteiger partial charge in [-0.25, -0.2) is 4.98 Å². The van der Waals surface area contributed by atoms with Gasteiger partial charge >= 0.3 is 0 Å². The minimum atomic E-state index is -0.640. The minimum absolute atomic E-state index is 0.0151. The first-order valence-electron chi connectivity index (χ1n) is 4.78. The molecule has 1 rings (SSSR count). The van der Waals surface area contributed by atoms with Crippen molar-refractivity contribution in [2.75, 3.05) is 6.54 Å². The van der Waals surface area contributed by atoms with Crippen LogP contribution in [-0.4, -0.2) is 17.4 Å². The van der Waals surface area contributed by atoms with Gasteiger partial charge in [0.2, 0.25) is 5.95 Å². The molecule has 1 amide bonds. The van der Waals surface area contributed by atoms with Crippen LogP contribution in [-0.2, 0) is 0 Å². The highest BCUT2D eigenvalue weighted by Crippen LogP contribution is 2.10. The number of carbonyl (C=O) groups is 1. The maximum Gasteiger partial charge on any atom is 0.251 e. The summed E-state index contributed by atoms with van der Waals surface area (Å²) in [5.74, 6) is -0.912. The molecule has 82 valence electrons. The first-order valence-corrected chi connectivity index (χ1v) is 4.78. The summed E-state index contributed by atoms with van der Waals surface area (Å²) in [4.78, 5) is 14.9. The van der Waals surface area contributed by atoms with Gasteiger partial charge in [0.15, 0.2) is 0 Å².